The Bertz CT molecular complexity index is 1650. The van der Waals surface area contributed by atoms with Crippen LogP contribution < -0.4 is 10.6 Å². The van der Waals surface area contributed by atoms with Crippen LogP contribution in [0.15, 0.2) is 67.0 Å². The van der Waals surface area contributed by atoms with E-state index in [4.69, 9.17) is 4.74 Å². The molecule has 0 aliphatic heterocycles. The molecular formula is C32H31F6N5O2. The van der Waals surface area contributed by atoms with Crippen molar-refractivity contribution < 1.29 is 36.2 Å². The van der Waals surface area contributed by atoms with Gasteiger partial charge in [-0.15, -0.1) is 0 Å². The van der Waals surface area contributed by atoms with Crippen molar-refractivity contribution in [2.24, 2.45) is 0 Å². The smallest absolute Gasteiger partial charge is 0.366 e. The molecule has 5 rings (SSSR count). The molecule has 0 saturated carbocycles. The normalized spacial score (nSPS) is 16.2. The summed E-state index contributed by atoms with van der Waals surface area (Å²) in [5.41, 5.74) is 1.84. The fourth-order valence-corrected chi connectivity index (χ4v) is 5.28. The Morgan fingerprint density at radius 2 is 1.67 bits per heavy atom. The fraction of sp³-hybridized carbons (Fsp3) is 0.344. The lowest BCUT2D eigenvalue weighted by molar-refractivity contribution is -0.207. The number of alkyl halides is 6. The lowest BCUT2D eigenvalue weighted by Gasteiger charge is -2.31. The molecule has 238 valence electrons. The van der Waals surface area contributed by atoms with E-state index in [1.165, 1.54) is 24.5 Å². The standard InChI is InChI=1S/C32H31F6N5O2/c1-18(19-7-10-21(11-8-19)31(33,34)35)41-29-23(13-14-27(43-29)32(36,37)38)26-16-28(40-17-39-26)42-25-6-4-5-20-9-12-22(15-24(20)25)45-30(2,3)44/h4-8,10-11,13-14,16-18,22,44H,9,12,15H2,1-3H3,(H,41,43)(H,39,40,42)/t18?,22-/m1/s1. The van der Waals surface area contributed by atoms with Gasteiger partial charge < -0.3 is 20.5 Å². The molecule has 4 aromatic rings. The molecule has 2 aromatic heterocycles. The van der Waals surface area contributed by atoms with Gasteiger partial charge in [0, 0.05) is 29.8 Å². The lowest BCUT2D eigenvalue weighted by Crippen LogP contribution is -2.33. The zero-order chi connectivity index (χ0) is 32.6. The van der Waals surface area contributed by atoms with Gasteiger partial charge in [-0.1, -0.05) is 24.3 Å². The second-order valence-electron chi connectivity index (χ2n) is 11.4. The highest BCUT2D eigenvalue weighted by molar-refractivity contribution is 5.75. The van der Waals surface area contributed by atoms with Crippen LogP contribution >= 0.6 is 0 Å². The van der Waals surface area contributed by atoms with Gasteiger partial charge in [-0.3, -0.25) is 0 Å². The van der Waals surface area contributed by atoms with Crippen molar-refractivity contribution in [2.45, 2.75) is 70.3 Å². The molecule has 2 aromatic carbocycles. The van der Waals surface area contributed by atoms with E-state index in [1.54, 1.807) is 26.8 Å². The van der Waals surface area contributed by atoms with E-state index >= 15 is 0 Å². The summed E-state index contributed by atoms with van der Waals surface area (Å²) in [6.45, 7) is 4.77. The number of rotatable bonds is 8. The number of pyridine rings is 1. The van der Waals surface area contributed by atoms with Crippen LogP contribution in [0.3, 0.4) is 0 Å². The zero-order valence-corrected chi connectivity index (χ0v) is 24.6. The molecule has 2 heterocycles. The third-order valence-corrected chi connectivity index (χ3v) is 7.38. The third-order valence-electron chi connectivity index (χ3n) is 7.38. The maximum atomic E-state index is 13.6. The first kappa shape index (κ1) is 32.2. The number of nitrogens with one attached hydrogen (secondary N) is 2. The molecule has 45 heavy (non-hydrogen) atoms. The van der Waals surface area contributed by atoms with Crippen LogP contribution in [-0.2, 0) is 29.9 Å². The summed E-state index contributed by atoms with van der Waals surface area (Å²) < 4.78 is 85.8. The number of fused-ring (bicyclic) bond motifs is 1. The Morgan fingerprint density at radius 1 is 0.933 bits per heavy atom. The molecule has 0 saturated heterocycles. The van der Waals surface area contributed by atoms with E-state index in [0.29, 0.717) is 17.8 Å². The van der Waals surface area contributed by atoms with Gasteiger partial charge >= 0.3 is 12.4 Å². The van der Waals surface area contributed by atoms with Crippen molar-refractivity contribution in [1.82, 2.24) is 15.0 Å². The summed E-state index contributed by atoms with van der Waals surface area (Å²) in [6.07, 6.45) is -6.12. The van der Waals surface area contributed by atoms with Crippen LogP contribution in [0, 0.1) is 0 Å². The predicted octanol–water partition coefficient (Wildman–Crippen LogP) is 8.10. The summed E-state index contributed by atoms with van der Waals surface area (Å²) in [5.74, 6) is -1.05. The average Bonchev–Trinajstić information content (AvgIpc) is 2.96. The second kappa shape index (κ2) is 12.3. The quantitative estimate of drug-likeness (QED) is 0.134. The number of aromatic nitrogens is 3. The highest BCUT2D eigenvalue weighted by atomic mass is 19.4. The topological polar surface area (TPSA) is 92.2 Å². The number of ether oxygens (including phenoxy) is 1. The summed E-state index contributed by atoms with van der Waals surface area (Å²) in [6, 6.07) is 13.1. The highest BCUT2D eigenvalue weighted by Gasteiger charge is 2.34. The molecule has 0 radical (unpaired) electrons. The van der Waals surface area contributed by atoms with Crippen LogP contribution in [0.4, 0.5) is 43.7 Å². The van der Waals surface area contributed by atoms with E-state index in [9.17, 15) is 31.4 Å². The number of anilines is 3. The lowest BCUT2D eigenvalue weighted by atomic mass is 9.88. The minimum absolute atomic E-state index is 0.148. The molecule has 0 fully saturated rings. The number of aryl methyl sites for hydroxylation is 1. The Kier molecular flexibility index (Phi) is 8.78. The van der Waals surface area contributed by atoms with Gasteiger partial charge in [-0.25, -0.2) is 15.0 Å². The SMILES string of the molecule is CC(Nc1nc(C(F)(F)F)ccc1-c1cc(Nc2cccc3c2C[C@H](OC(C)(C)O)CC3)ncn1)c1ccc(C(F)(F)F)cc1. The Labute approximate surface area is 255 Å². The van der Waals surface area contributed by atoms with Gasteiger partial charge in [-0.2, -0.15) is 26.3 Å². The minimum Gasteiger partial charge on any atom is -0.366 e. The summed E-state index contributed by atoms with van der Waals surface area (Å²) in [5, 5.41) is 16.3. The maximum absolute atomic E-state index is 13.6. The van der Waals surface area contributed by atoms with E-state index in [0.717, 1.165) is 47.9 Å². The number of nitrogens with zero attached hydrogens (tertiary/aromatic N) is 3. The second-order valence-corrected chi connectivity index (χ2v) is 11.4. The summed E-state index contributed by atoms with van der Waals surface area (Å²) in [4.78, 5) is 12.4. The number of hydrogen-bond acceptors (Lipinski definition) is 7. The number of benzene rings is 2. The number of aliphatic hydroxyl groups is 1. The van der Waals surface area contributed by atoms with Crippen molar-refractivity contribution in [2.75, 3.05) is 10.6 Å². The van der Waals surface area contributed by atoms with E-state index in [1.807, 2.05) is 18.2 Å². The van der Waals surface area contributed by atoms with E-state index in [-0.39, 0.29) is 23.2 Å². The molecule has 3 N–H and O–H groups in total. The molecule has 2 atom stereocenters. The highest BCUT2D eigenvalue weighted by Crippen LogP contribution is 2.37. The van der Waals surface area contributed by atoms with Crippen LogP contribution in [0.2, 0.25) is 0 Å². The van der Waals surface area contributed by atoms with Crippen LogP contribution in [0.5, 0.6) is 0 Å². The maximum Gasteiger partial charge on any atom is 0.433 e. The third kappa shape index (κ3) is 7.90. The molecule has 0 amide bonds. The largest absolute Gasteiger partial charge is 0.433 e. The molecule has 1 aliphatic rings. The Hall–Kier alpha value is -4.23. The minimum atomic E-state index is -4.73. The predicted molar refractivity (Wildman–Crippen MR) is 157 cm³/mol. The molecule has 0 bridgehead atoms. The Morgan fingerprint density at radius 3 is 2.33 bits per heavy atom. The van der Waals surface area contributed by atoms with Crippen molar-refractivity contribution in [3.63, 3.8) is 0 Å². The molecule has 1 unspecified atom stereocenters. The summed E-state index contributed by atoms with van der Waals surface area (Å²) in [7, 11) is 0. The van der Waals surface area contributed by atoms with Gasteiger partial charge in [-0.05, 0) is 80.6 Å². The van der Waals surface area contributed by atoms with Crippen LogP contribution in [0.25, 0.3) is 11.3 Å². The summed E-state index contributed by atoms with van der Waals surface area (Å²) >= 11 is 0. The monoisotopic (exact) mass is 631 g/mol. The molecule has 13 heteroatoms. The zero-order valence-electron chi connectivity index (χ0n) is 24.6. The van der Waals surface area contributed by atoms with Crippen LogP contribution in [0.1, 0.15) is 61.2 Å². The van der Waals surface area contributed by atoms with Crippen molar-refractivity contribution in [3.05, 3.63) is 94.9 Å². The molecule has 1 aliphatic carbocycles. The van der Waals surface area contributed by atoms with Crippen LogP contribution in [-0.4, -0.2) is 31.9 Å². The molecule has 7 nitrogen and oxygen atoms in total. The average molecular weight is 632 g/mol. The fourth-order valence-electron chi connectivity index (χ4n) is 5.28. The molecule has 0 spiro atoms. The van der Waals surface area contributed by atoms with E-state index < -0.39 is 35.4 Å². The Balaban J connectivity index is 1.44. The van der Waals surface area contributed by atoms with Gasteiger partial charge in [0.2, 0.25) is 0 Å². The number of hydrogen-bond donors (Lipinski definition) is 3. The van der Waals surface area contributed by atoms with Gasteiger partial charge in [0.1, 0.15) is 23.7 Å². The van der Waals surface area contributed by atoms with Gasteiger partial charge in [0.15, 0.2) is 5.79 Å². The number of halogens is 6. The first-order chi connectivity index (χ1) is 21.1. The first-order valence-corrected chi connectivity index (χ1v) is 14.2. The van der Waals surface area contributed by atoms with Gasteiger partial charge in [0.05, 0.1) is 17.4 Å². The van der Waals surface area contributed by atoms with Crippen molar-refractivity contribution in [1.29, 1.82) is 0 Å². The molecular weight excluding hydrogens is 600 g/mol. The van der Waals surface area contributed by atoms with Crippen molar-refractivity contribution in [3.8, 4) is 11.3 Å². The van der Waals surface area contributed by atoms with E-state index in [2.05, 4.69) is 25.6 Å². The van der Waals surface area contributed by atoms with Gasteiger partial charge in [0.25, 0.3) is 0 Å². The first-order valence-electron chi connectivity index (χ1n) is 14.2. The van der Waals surface area contributed by atoms with Crippen molar-refractivity contribution >= 4 is 17.3 Å².